The van der Waals surface area contributed by atoms with Gasteiger partial charge in [-0.15, -0.1) is 0 Å². The number of halogens is 2. The van der Waals surface area contributed by atoms with Crippen LogP contribution in [0.5, 0.6) is 0 Å². The van der Waals surface area contributed by atoms with Gasteiger partial charge in [-0.2, -0.15) is 0 Å². The van der Waals surface area contributed by atoms with Crippen molar-refractivity contribution in [3.63, 3.8) is 0 Å². The van der Waals surface area contributed by atoms with Crippen molar-refractivity contribution in [1.29, 1.82) is 0 Å². The maximum absolute atomic E-state index is 14.3. The first-order valence-electron chi connectivity index (χ1n) is 14.6. The molecule has 10 nitrogen and oxygen atoms in total. The van der Waals surface area contributed by atoms with E-state index in [0.717, 1.165) is 54.3 Å². The average molecular weight is 676 g/mol. The zero-order valence-corrected chi connectivity index (χ0v) is 27.4. The van der Waals surface area contributed by atoms with E-state index in [1.807, 2.05) is 30.3 Å². The van der Waals surface area contributed by atoms with E-state index >= 15 is 0 Å². The molecular weight excluding hydrogens is 639 g/mol. The van der Waals surface area contributed by atoms with E-state index in [1.54, 1.807) is 25.1 Å². The molecule has 45 heavy (non-hydrogen) atoms. The molecule has 0 spiro atoms. The van der Waals surface area contributed by atoms with Crippen LogP contribution in [-0.2, 0) is 32.6 Å². The molecule has 0 saturated heterocycles. The highest BCUT2D eigenvalue weighted by atomic mass is 35.5. The number of sulfonamides is 1. The predicted octanol–water partition coefficient (Wildman–Crippen LogP) is 6.07. The number of nitrogens with one attached hydrogen (secondary N) is 1. The molecule has 3 aromatic carbocycles. The van der Waals surface area contributed by atoms with E-state index in [9.17, 15) is 28.1 Å². The van der Waals surface area contributed by atoms with Gasteiger partial charge in [-0.3, -0.25) is 24.0 Å². The van der Waals surface area contributed by atoms with Crippen LogP contribution in [0.3, 0.4) is 0 Å². The second-order valence-corrected chi connectivity index (χ2v) is 14.0. The number of nitrogens with zero attached hydrogens (tertiary/aromatic N) is 3. The predicted molar refractivity (Wildman–Crippen MR) is 176 cm³/mol. The van der Waals surface area contributed by atoms with Gasteiger partial charge in [0, 0.05) is 31.1 Å². The standard InChI is InChI=1S/C32H36Cl2N4O6S/c1-22-13-15-26(38(41)42)19-29(22)37(45(2,43)44)21-31(39)36(20-24-14-16-27(33)28(34)17-24)30(18-23-9-5-3-6-10-23)32(40)35-25-11-7-4-8-12-25/h3,5-6,9-10,13-17,19,25,30H,4,7-8,11-12,18,20-21H2,1-2H3,(H,35,40)/t30-/m1/s1. The summed E-state index contributed by atoms with van der Waals surface area (Å²) >= 11 is 12.4. The average Bonchev–Trinajstić information content (AvgIpc) is 3.00. The van der Waals surface area contributed by atoms with Crippen molar-refractivity contribution in [2.75, 3.05) is 17.1 Å². The molecule has 4 rings (SSSR count). The first-order chi connectivity index (χ1) is 21.3. The number of non-ortho nitro benzene ring substituents is 1. The second kappa shape index (κ2) is 15.1. The third-order valence-corrected chi connectivity index (χ3v) is 9.78. The van der Waals surface area contributed by atoms with Crippen LogP contribution < -0.4 is 9.62 Å². The zero-order valence-electron chi connectivity index (χ0n) is 25.1. The number of carbonyl (C=O) groups is 2. The summed E-state index contributed by atoms with van der Waals surface area (Å²) < 4.78 is 27.0. The number of anilines is 1. The molecule has 0 bridgehead atoms. The molecule has 13 heteroatoms. The quantitative estimate of drug-likeness (QED) is 0.183. The third-order valence-electron chi connectivity index (χ3n) is 7.91. The molecule has 0 aliphatic heterocycles. The van der Waals surface area contributed by atoms with E-state index in [0.29, 0.717) is 16.1 Å². The topological polar surface area (TPSA) is 130 Å². The van der Waals surface area contributed by atoms with Crippen LogP contribution in [0.2, 0.25) is 10.0 Å². The molecule has 240 valence electrons. The van der Waals surface area contributed by atoms with Crippen molar-refractivity contribution in [3.8, 4) is 0 Å². The maximum atomic E-state index is 14.3. The fourth-order valence-electron chi connectivity index (χ4n) is 5.51. The number of hydrogen-bond donors (Lipinski definition) is 1. The monoisotopic (exact) mass is 674 g/mol. The molecule has 0 radical (unpaired) electrons. The zero-order chi connectivity index (χ0) is 32.7. The number of amides is 2. The summed E-state index contributed by atoms with van der Waals surface area (Å²) in [7, 11) is -4.10. The van der Waals surface area contributed by atoms with E-state index in [2.05, 4.69) is 5.32 Å². The summed E-state index contributed by atoms with van der Waals surface area (Å²) in [6, 6.07) is 16.9. The van der Waals surface area contributed by atoms with Crippen LogP contribution in [-0.4, -0.2) is 54.9 Å². The minimum absolute atomic E-state index is 0.000744. The summed E-state index contributed by atoms with van der Waals surface area (Å²) in [5.74, 6) is -1.02. The van der Waals surface area contributed by atoms with Gasteiger partial charge in [0.1, 0.15) is 12.6 Å². The van der Waals surface area contributed by atoms with Gasteiger partial charge in [0.2, 0.25) is 21.8 Å². The summed E-state index contributed by atoms with van der Waals surface area (Å²) in [4.78, 5) is 40.6. The van der Waals surface area contributed by atoms with Crippen LogP contribution in [0, 0.1) is 17.0 Å². The number of benzene rings is 3. The number of hydrogen-bond acceptors (Lipinski definition) is 6. The molecule has 0 aromatic heterocycles. The Bertz CT molecular complexity index is 1650. The lowest BCUT2D eigenvalue weighted by atomic mass is 9.94. The molecule has 1 saturated carbocycles. The SMILES string of the molecule is Cc1ccc([N+](=O)[O-])cc1N(CC(=O)N(Cc1ccc(Cl)c(Cl)c1)[C@H](Cc1ccccc1)C(=O)NC1CCCCC1)S(C)(=O)=O. The van der Waals surface area contributed by atoms with Gasteiger partial charge in [0.05, 0.1) is 26.9 Å². The van der Waals surface area contributed by atoms with E-state index in [4.69, 9.17) is 23.2 Å². The Kier molecular flexibility index (Phi) is 11.5. The van der Waals surface area contributed by atoms with E-state index < -0.39 is 33.4 Å². The van der Waals surface area contributed by atoms with Gasteiger partial charge < -0.3 is 10.2 Å². The highest BCUT2D eigenvalue weighted by molar-refractivity contribution is 7.92. The fraction of sp³-hybridized carbons (Fsp3) is 0.375. The Morgan fingerprint density at radius 3 is 2.29 bits per heavy atom. The lowest BCUT2D eigenvalue weighted by molar-refractivity contribution is -0.384. The van der Waals surface area contributed by atoms with Gasteiger partial charge in [0.25, 0.3) is 5.69 Å². The molecule has 1 N–H and O–H groups in total. The molecule has 3 aromatic rings. The lowest BCUT2D eigenvalue weighted by Gasteiger charge is -2.35. The largest absolute Gasteiger partial charge is 0.352 e. The summed E-state index contributed by atoms with van der Waals surface area (Å²) in [6.07, 6.45) is 5.84. The van der Waals surface area contributed by atoms with Crippen molar-refractivity contribution in [2.24, 2.45) is 0 Å². The van der Waals surface area contributed by atoms with Gasteiger partial charge in [0.15, 0.2) is 0 Å². The normalized spacial score (nSPS) is 14.4. The molecule has 1 fully saturated rings. The summed E-state index contributed by atoms with van der Waals surface area (Å²) in [6.45, 7) is 0.839. The Balaban J connectivity index is 1.77. The minimum Gasteiger partial charge on any atom is -0.352 e. The molecule has 0 heterocycles. The van der Waals surface area contributed by atoms with Gasteiger partial charge >= 0.3 is 0 Å². The summed E-state index contributed by atoms with van der Waals surface area (Å²) in [5.41, 5.74) is 1.49. The Morgan fingerprint density at radius 1 is 0.978 bits per heavy atom. The number of nitro groups is 1. The van der Waals surface area contributed by atoms with Gasteiger partial charge in [-0.05, 0) is 48.6 Å². The highest BCUT2D eigenvalue weighted by Crippen LogP contribution is 2.29. The highest BCUT2D eigenvalue weighted by Gasteiger charge is 2.34. The number of nitro benzene ring substituents is 1. The van der Waals surface area contributed by atoms with Crippen molar-refractivity contribution < 1.29 is 22.9 Å². The molecule has 1 aliphatic carbocycles. The second-order valence-electron chi connectivity index (χ2n) is 11.3. The smallest absolute Gasteiger partial charge is 0.271 e. The molecule has 1 aliphatic rings. The van der Waals surface area contributed by atoms with Crippen LogP contribution in [0.1, 0.15) is 48.8 Å². The Hall–Kier alpha value is -3.67. The molecule has 2 amide bonds. The number of aryl methyl sites for hydroxylation is 1. The van der Waals surface area contributed by atoms with Gasteiger partial charge in [-0.1, -0.05) is 84.9 Å². The first-order valence-corrected chi connectivity index (χ1v) is 17.2. The molecule has 0 unspecified atom stereocenters. The van der Waals surface area contributed by atoms with Crippen molar-refractivity contribution in [3.05, 3.63) is 104 Å². The van der Waals surface area contributed by atoms with Gasteiger partial charge in [-0.25, -0.2) is 8.42 Å². The third kappa shape index (κ3) is 9.18. The fourth-order valence-corrected chi connectivity index (χ4v) is 6.73. The lowest BCUT2D eigenvalue weighted by Crippen LogP contribution is -2.55. The Labute approximate surface area is 273 Å². The Morgan fingerprint density at radius 2 is 1.67 bits per heavy atom. The minimum atomic E-state index is -4.10. The maximum Gasteiger partial charge on any atom is 0.271 e. The van der Waals surface area contributed by atoms with Crippen molar-refractivity contribution >= 4 is 56.4 Å². The summed E-state index contributed by atoms with van der Waals surface area (Å²) in [5, 5.41) is 15.2. The van der Waals surface area contributed by atoms with E-state index in [-0.39, 0.29) is 41.3 Å². The van der Waals surface area contributed by atoms with Crippen molar-refractivity contribution in [1.82, 2.24) is 10.2 Å². The van der Waals surface area contributed by atoms with Crippen molar-refractivity contribution in [2.45, 2.75) is 64.1 Å². The van der Waals surface area contributed by atoms with Crippen LogP contribution >= 0.6 is 23.2 Å². The van der Waals surface area contributed by atoms with Crippen LogP contribution in [0.15, 0.2) is 66.7 Å². The van der Waals surface area contributed by atoms with Crippen LogP contribution in [0.25, 0.3) is 0 Å². The number of carbonyl (C=O) groups excluding carboxylic acids is 2. The number of rotatable bonds is 12. The van der Waals surface area contributed by atoms with E-state index in [1.165, 1.54) is 17.0 Å². The van der Waals surface area contributed by atoms with Crippen LogP contribution in [0.4, 0.5) is 11.4 Å². The first kappa shape index (κ1) is 34.2. The molecular formula is C32H36Cl2N4O6S. The molecule has 1 atom stereocenters.